The Labute approximate surface area is 100 Å². The molecule has 0 aromatic heterocycles. The highest BCUT2D eigenvalue weighted by Gasteiger charge is 2.11. The van der Waals surface area contributed by atoms with Gasteiger partial charge in [-0.1, -0.05) is 43.5 Å². The third kappa shape index (κ3) is 3.65. The molecular weight excluding hydrogens is 216 g/mol. The highest BCUT2D eigenvalue weighted by atomic mass is 16.5. The molecule has 88 valence electrons. The van der Waals surface area contributed by atoms with Gasteiger partial charge in [0.05, 0.1) is 0 Å². The second-order valence-electron chi connectivity index (χ2n) is 3.27. The van der Waals surface area contributed by atoms with Crippen LogP contribution in [0.3, 0.4) is 0 Å². The van der Waals surface area contributed by atoms with Crippen molar-refractivity contribution in [2.75, 3.05) is 6.61 Å². The maximum absolute atomic E-state index is 11.6. The summed E-state index contributed by atoms with van der Waals surface area (Å²) in [6.45, 7) is 7.23. The molecular formula is C14H14O3. The molecule has 0 aliphatic carbocycles. The number of allylic oxidation sites excluding steroid dienone is 2. The van der Waals surface area contributed by atoms with Crippen molar-refractivity contribution in [2.24, 2.45) is 0 Å². The number of hydrogen-bond acceptors (Lipinski definition) is 3. The Morgan fingerprint density at radius 3 is 2.65 bits per heavy atom. The number of hydrogen-bond donors (Lipinski definition) is 1. The number of benzene rings is 1. The lowest BCUT2D eigenvalue weighted by Gasteiger charge is -2.06. The zero-order chi connectivity index (χ0) is 12.7. The number of rotatable bonds is 5. The van der Waals surface area contributed by atoms with Gasteiger partial charge in [0.25, 0.3) is 0 Å². The number of esters is 1. The van der Waals surface area contributed by atoms with Crippen LogP contribution in [-0.2, 0) is 4.74 Å². The Kier molecular flexibility index (Phi) is 4.76. The molecule has 1 aromatic carbocycles. The number of carbonyl (C=O) groups excluding carboxylic acids is 1. The van der Waals surface area contributed by atoms with Gasteiger partial charge in [-0.25, -0.2) is 4.79 Å². The predicted octanol–water partition coefficient (Wildman–Crippen LogP) is 2.85. The molecule has 1 rings (SSSR count). The van der Waals surface area contributed by atoms with E-state index in [-0.39, 0.29) is 17.9 Å². The summed E-state index contributed by atoms with van der Waals surface area (Å²) in [6, 6.07) is 6.23. The molecule has 0 spiro atoms. The lowest BCUT2D eigenvalue weighted by atomic mass is 10.2. The van der Waals surface area contributed by atoms with E-state index in [1.807, 2.05) is 0 Å². The summed E-state index contributed by atoms with van der Waals surface area (Å²) < 4.78 is 5.03. The summed E-state index contributed by atoms with van der Waals surface area (Å²) in [5, 5.41) is 9.45. The van der Waals surface area contributed by atoms with Crippen LogP contribution in [-0.4, -0.2) is 17.7 Å². The van der Waals surface area contributed by atoms with E-state index in [1.165, 1.54) is 12.1 Å². The quantitative estimate of drug-likeness (QED) is 0.625. The maximum atomic E-state index is 11.6. The molecule has 1 N–H and O–H groups in total. The van der Waals surface area contributed by atoms with Gasteiger partial charge in [0, 0.05) is 0 Å². The smallest absolute Gasteiger partial charge is 0.342 e. The van der Waals surface area contributed by atoms with Crippen LogP contribution in [0.5, 0.6) is 5.75 Å². The number of ether oxygens (including phenoxy) is 1. The standard InChI is InChI=1S/C14H14O3/c1-3-7-11(4-2)10-17-14(16)12-8-5-6-9-13(12)15/h3-9,15H,1-2,10H2/b11-7+. The van der Waals surface area contributed by atoms with Crippen molar-refractivity contribution in [3.8, 4) is 5.75 Å². The summed E-state index contributed by atoms with van der Waals surface area (Å²) in [5.74, 6) is -0.662. The molecule has 0 fully saturated rings. The molecule has 0 saturated heterocycles. The fourth-order valence-electron chi connectivity index (χ4n) is 1.20. The van der Waals surface area contributed by atoms with Gasteiger partial charge in [0.15, 0.2) is 0 Å². The van der Waals surface area contributed by atoms with E-state index in [0.717, 1.165) is 5.57 Å². The van der Waals surface area contributed by atoms with Crippen molar-refractivity contribution in [3.05, 3.63) is 66.8 Å². The van der Waals surface area contributed by atoms with Crippen LogP contribution in [0.2, 0.25) is 0 Å². The number of phenols is 1. The van der Waals surface area contributed by atoms with Crippen molar-refractivity contribution >= 4 is 5.97 Å². The van der Waals surface area contributed by atoms with E-state index in [1.54, 1.807) is 30.4 Å². The van der Waals surface area contributed by atoms with Crippen molar-refractivity contribution < 1.29 is 14.6 Å². The average molecular weight is 230 g/mol. The van der Waals surface area contributed by atoms with Crippen LogP contribution in [0.25, 0.3) is 0 Å². The Morgan fingerprint density at radius 1 is 1.35 bits per heavy atom. The molecule has 0 radical (unpaired) electrons. The Balaban J connectivity index is 2.68. The van der Waals surface area contributed by atoms with E-state index >= 15 is 0 Å². The van der Waals surface area contributed by atoms with E-state index in [0.29, 0.717) is 0 Å². The molecule has 1 aromatic rings. The lowest BCUT2D eigenvalue weighted by Crippen LogP contribution is -2.07. The van der Waals surface area contributed by atoms with Crippen molar-refractivity contribution in [2.45, 2.75) is 0 Å². The number of para-hydroxylation sites is 1. The Bertz CT molecular complexity index is 458. The Hall–Kier alpha value is -2.29. The van der Waals surface area contributed by atoms with Crippen LogP contribution < -0.4 is 0 Å². The van der Waals surface area contributed by atoms with Gasteiger partial charge >= 0.3 is 5.97 Å². The maximum Gasteiger partial charge on any atom is 0.342 e. The first kappa shape index (κ1) is 12.8. The second kappa shape index (κ2) is 6.33. The summed E-state index contributed by atoms with van der Waals surface area (Å²) in [6.07, 6.45) is 4.87. The van der Waals surface area contributed by atoms with Crippen LogP contribution in [0.4, 0.5) is 0 Å². The molecule has 0 unspecified atom stereocenters. The van der Waals surface area contributed by atoms with Crippen LogP contribution in [0.15, 0.2) is 61.2 Å². The summed E-state index contributed by atoms with van der Waals surface area (Å²) in [5.41, 5.74) is 0.887. The zero-order valence-electron chi connectivity index (χ0n) is 9.43. The minimum atomic E-state index is -0.570. The van der Waals surface area contributed by atoms with Crippen LogP contribution in [0.1, 0.15) is 10.4 Å². The van der Waals surface area contributed by atoms with Crippen molar-refractivity contribution in [1.82, 2.24) is 0 Å². The second-order valence-corrected chi connectivity index (χ2v) is 3.27. The largest absolute Gasteiger partial charge is 0.507 e. The van der Waals surface area contributed by atoms with Gasteiger partial charge < -0.3 is 9.84 Å². The summed E-state index contributed by atoms with van der Waals surface area (Å²) in [4.78, 5) is 11.6. The van der Waals surface area contributed by atoms with Crippen molar-refractivity contribution in [1.29, 1.82) is 0 Å². The minimum absolute atomic E-state index is 0.0923. The average Bonchev–Trinajstić information content (AvgIpc) is 2.34. The van der Waals surface area contributed by atoms with Gasteiger partial charge in [-0.2, -0.15) is 0 Å². The SMILES string of the molecule is C=C/C=C(\C=C)COC(=O)c1ccccc1O. The molecule has 0 aliphatic heterocycles. The molecule has 0 saturated carbocycles. The molecule has 0 aliphatic rings. The molecule has 17 heavy (non-hydrogen) atoms. The highest BCUT2D eigenvalue weighted by Crippen LogP contribution is 2.16. The van der Waals surface area contributed by atoms with Gasteiger partial charge in [-0.05, 0) is 17.7 Å². The monoisotopic (exact) mass is 230 g/mol. The fraction of sp³-hybridized carbons (Fsp3) is 0.0714. The van der Waals surface area contributed by atoms with Gasteiger partial charge in [0.2, 0.25) is 0 Å². The van der Waals surface area contributed by atoms with Gasteiger partial charge in [0.1, 0.15) is 17.9 Å². The van der Waals surface area contributed by atoms with E-state index < -0.39 is 5.97 Å². The van der Waals surface area contributed by atoms with Gasteiger partial charge in [-0.15, -0.1) is 0 Å². The number of aromatic hydroxyl groups is 1. The number of phenolic OH excluding ortho intramolecular Hbond substituents is 1. The molecule has 3 heteroatoms. The van der Waals surface area contributed by atoms with E-state index in [9.17, 15) is 9.90 Å². The molecule has 0 amide bonds. The zero-order valence-corrected chi connectivity index (χ0v) is 9.43. The molecule has 3 nitrogen and oxygen atoms in total. The van der Waals surface area contributed by atoms with Gasteiger partial charge in [-0.3, -0.25) is 0 Å². The highest BCUT2D eigenvalue weighted by molar-refractivity contribution is 5.92. The molecule has 0 bridgehead atoms. The summed E-state index contributed by atoms with van der Waals surface area (Å²) >= 11 is 0. The normalized spacial score (nSPS) is 10.7. The van der Waals surface area contributed by atoms with E-state index in [4.69, 9.17) is 4.74 Å². The Morgan fingerprint density at radius 2 is 2.06 bits per heavy atom. The third-order valence-electron chi connectivity index (χ3n) is 2.09. The van der Waals surface area contributed by atoms with Crippen molar-refractivity contribution in [3.63, 3.8) is 0 Å². The first-order valence-corrected chi connectivity index (χ1v) is 5.08. The summed E-state index contributed by atoms with van der Waals surface area (Å²) in [7, 11) is 0. The molecule has 0 heterocycles. The third-order valence-corrected chi connectivity index (χ3v) is 2.09. The first-order valence-electron chi connectivity index (χ1n) is 5.08. The van der Waals surface area contributed by atoms with Crippen LogP contribution in [0, 0.1) is 0 Å². The van der Waals surface area contributed by atoms with Crippen LogP contribution >= 0.6 is 0 Å². The predicted molar refractivity (Wildman–Crippen MR) is 66.9 cm³/mol. The first-order chi connectivity index (χ1) is 8.19. The lowest BCUT2D eigenvalue weighted by molar-refractivity contribution is 0.0539. The number of carbonyl (C=O) groups is 1. The molecule has 0 atom stereocenters. The fourth-order valence-corrected chi connectivity index (χ4v) is 1.20. The topological polar surface area (TPSA) is 46.5 Å². The van der Waals surface area contributed by atoms with E-state index in [2.05, 4.69) is 13.2 Å². The minimum Gasteiger partial charge on any atom is -0.507 e.